The maximum atomic E-state index is 11.0. The molecule has 0 aliphatic heterocycles. The van der Waals surface area contributed by atoms with Gasteiger partial charge in [-0.15, -0.1) is 11.3 Å². The Morgan fingerprint density at radius 2 is 2.28 bits per heavy atom. The minimum absolute atomic E-state index is 0.424. The molecular formula is C13H15NO3S. The predicted molar refractivity (Wildman–Crippen MR) is 69.8 cm³/mol. The number of carboxylic acids is 1. The highest BCUT2D eigenvalue weighted by atomic mass is 32.1. The third-order valence-corrected chi connectivity index (χ3v) is 3.69. The highest BCUT2D eigenvalue weighted by Crippen LogP contribution is 2.19. The third kappa shape index (κ3) is 3.00. The van der Waals surface area contributed by atoms with E-state index in [9.17, 15) is 4.79 Å². The summed E-state index contributed by atoms with van der Waals surface area (Å²) in [5, 5.41) is 10.9. The van der Waals surface area contributed by atoms with Gasteiger partial charge in [-0.3, -0.25) is 4.90 Å². The SMILES string of the molecule is CCN(Cc1ccco1)Cc1ccsc1C(=O)O. The van der Waals surface area contributed by atoms with Gasteiger partial charge in [0.15, 0.2) is 0 Å². The van der Waals surface area contributed by atoms with Crippen LogP contribution in [0.4, 0.5) is 0 Å². The van der Waals surface area contributed by atoms with Crippen molar-refractivity contribution in [1.82, 2.24) is 4.90 Å². The summed E-state index contributed by atoms with van der Waals surface area (Å²) in [7, 11) is 0. The van der Waals surface area contributed by atoms with Crippen molar-refractivity contribution in [3.8, 4) is 0 Å². The molecule has 0 bridgehead atoms. The van der Waals surface area contributed by atoms with E-state index in [0.29, 0.717) is 18.0 Å². The second-order valence-corrected chi connectivity index (χ2v) is 4.88. The fraction of sp³-hybridized carbons (Fsp3) is 0.308. The van der Waals surface area contributed by atoms with E-state index in [2.05, 4.69) is 11.8 Å². The maximum Gasteiger partial charge on any atom is 0.346 e. The number of hydrogen-bond donors (Lipinski definition) is 1. The summed E-state index contributed by atoms with van der Waals surface area (Å²) in [6.45, 7) is 4.21. The van der Waals surface area contributed by atoms with Gasteiger partial charge in [-0.05, 0) is 35.7 Å². The molecule has 0 fully saturated rings. The van der Waals surface area contributed by atoms with E-state index in [1.165, 1.54) is 11.3 Å². The van der Waals surface area contributed by atoms with Gasteiger partial charge in [0.2, 0.25) is 0 Å². The number of nitrogens with zero attached hydrogens (tertiary/aromatic N) is 1. The number of carbonyl (C=O) groups is 1. The summed E-state index contributed by atoms with van der Waals surface area (Å²) < 4.78 is 5.31. The molecular weight excluding hydrogens is 250 g/mol. The van der Waals surface area contributed by atoms with Crippen LogP contribution in [0.3, 0.4) is 0 Å². The standard InChI is InChI=1S/C13H15NO3S/c1-2-14(9-11-4-3-6-17-11)8-10-5-7-18-12(10)13(15)16/h3-7H,2,8-9H2,1H3,(H,15,16). The topological polar surface area (TPSA) is 53.7 Å². The first-order valence-electron chi connectivity index (χ1n) is 5.75. The molecule has 1 N–H and O–H groups in total. The van der Waals surface area contributed by atoms with Gasteiger partial charge in [-0.1, -0.05) is 6.92 Å². The van der Waals surface area contributed by atoms with Gasteiger partial charge >= 0.3 is 5.97 Å². The lowest BCUT2D eigenvalue weighted by atomic mass is 10.2. The zero-order valence-electron chi connectivity index (χ0n) is 10.1. The molecule has 0 aromatic carbocycles. The molecule has 18 heavy (non-hydrogen) atoms. The second kappa shape index (κ2) is 5.84. The Hall–Kier alpha value is -1.59. The molecule has 0 amide bonds. The van der Waals surface area contributed by atoms with Gasteiger partial charge in [0.25, 0.3) is 0 Å². The predicted octanol–water partition coefficient (Wildman–Crippen LogP) is 3.06. The molecule has 2 heterocycles. The third-order valence-electron chi connectivity index (χ3n) is 2.74. The monoisotopic (exact) mass is 265 g/mol. The summed E-state index contributed by atoms with van der Waals surface area (Å²) in [6, 6.07) is 5.66. The Kier molecular flexibility index (Phi) is 4.17. The fourth-order valence-corrected chi connectivity index (χ4v) is 2.54. The summed E-state index contributed by atoms with van der Waals surface area (Å²) in [5.74, 6) is 0.0398. The summed E-state index contributed by atoms with van der Waals surface area (Å²) in [6.07, 6.45) is 1.65. The van der Waals surface area contributed by atoms with Crippen LogP contribution in [-0.2, 0) is 13.1 Å². The van der Waals surface area contributed by atoms with Crippen molar-refractivity contribution in [2.24, 2.45) is 0 Å². The Morgan fingerprint density at radius 3 is 2.89 bits per heavy atom. The molecule has 5 heteroatoms. The van der Waals surface area contributed by atoms with E-state index in [1.54, 1.807) is 6.26 Å². The number of aromatic carboxylic acids is 1. The van der Waals surface area contributed by atoms with Crippen LogP contribution < -0.4 is 0 Å². The van der Waals surface area contributed by atoms with E-state index in [1.807, 2.05) is 23.6 Å². The van der Waals surface area contributed by atoms with Crippen molar-refractivity contribution in [3.05, 3.63) is 46.0 Å². The minimum Gasteiger partial charge on any atom is -0.477 e. The minimum atomic E-state index is -0.853. The average molecular weight is 265 g/mol. The Labute approximate surface area is 109 Å². The zero-order valence-corrected chi connectivity index (χ0v) is 10.9. The molecule has 0 saturated heterocycles. The molecule has 96 valence electrons. The second-order valence-electron chi connectivity index (χ2n) is 3.96. The Bertz CT molecular complexity index is 504. The summed E-state index contributed by atoms with van der Waals surface area (Å²) in [5.41, 5.74) is 0.862. The number of furan rings is 1. The maximum absolute atomic E-state index is 11.0. The van der Waals surface area contributed by atoms with E-state index < -0.39 is 5.97 Å². The first-order chi connectivity index (χ1) is 8.70. The van der Waals surface area contributed by atoms with Crippen molar-refractivity contribution in [2.75, 3.05) is 6.54 Å². The van der Waals surface area contributed by atoms with E-state index >= 15 is 0 Å². The lowest BCUT2D eigenvalue weighted by Crippen LogP contribution is -2.22. The van der Waals surface area contributed by atoms with Crippen LogP contribution in [0.5, 0.6) is 0 Å². The normalized spacial score (nSPS) is 11.0. The van der Waals surface area contributed by atoms with Crippen molar-refractivity contribution >= 4 is 17.3 Å². The molecule has 0 radical (unpaired) electrons. The van der Waals surface area contributed by atoms with Crippen molar-refractivity contribution < 1.29 is 14.3 Å². The molecule has 0 aliphatic rings. The molecule has 2 rings (SSSR count). The van der Waals surface area contributed by atoms with Crippen LogP contribution in [0.2, 0.25) is 0 Å². The molecule has 0 saturated carbocycles. The van der Waals surface area contributed by atoms with Gasteiger partial charge in [0, 0.05) is 6.54 Å². The molecule has 0 atom stereocenters. The van der Waals surface area contributed by atoms with Gasteiger partial charge in [-0.2, -0.15) is 0 Å². The van der Waals surface area contributed by atoms with Crippen LogP contribution in [-0.4, -0.2) is 22.5 Å². The van der Waals surface area contributed by atoms with Crippen LogP contribution in [0, 0.1) is 0 Å². The first kappa shape index (κ1) is 12.9. The smallest absolute Gasteiger partial charge is 0.346 e. The van der Waals surface area contributed by atoms with Gasteiger partial charge in [0.1, 0.15) is 10.6 Å². The molecule has 4 nitrogen and oxygen atoms in total. The number of carboxylic acid groups (broad SMARTS) is 1. The van der Waals surface area contributed by atoms with Crippen LogP contribution in [0.15, 0.2) is 34.3 Å². The van der Waals surface area contributed by atoms with Gasteiger partial charge < -0.3 is 9.52 Å². The van der Waals surface area contributed by atoms with Crippen LogP contribution >= 0.6 is 11.3 Å². The molecule has 2 aromatic heterocycles. The molecule has 0 aliphatic carbocycles. The summed E-state index contributed by atoms with van der Waals surface area (Å²) in [4.78, 5) is 13.6. The molecule has 0 spiro atoms. The lowest BCUT2D eigenvalue weighted by molar-refractivity contribution is 0.0700. The highest BCUT2D eigenvalue weighted by molar-refractivity contribution is 7.12. The molecule has 0 unspecified atom stereocenters. The Balaban J connectivity index is 2.06. The van der Waals surface area contributed by atoms with Crippen molar-refractivity contribution in [2.45, 2.75) is 20.0 Å². The highest BCUT2D eigenvalue weighted by Gasteiger charge is 2.14. The lowest BCUT2D eigenvalue weighted by Gasteiger charge is -2.18. The van der Waals surface area contributed by atoms with Crippen molar-refractivity contribution in [1.29, 1.82) is 0 Å². The number of thiophene rings is 1. The first-order valence-corrected chi connectivity index (χ1v) is 6.63. The van der Waals surface area contributed by atoms with E-state index in [-0.39, 0.29) is 0 Å². The summed E-state index contributed by atoms with van der Waals surface area (Å²) >= 11 is 1.27. The largest absolute Gasteiger partial charge is 0.477 e. The quantitative estimate of drug-likeness (QED) is 0.872. The van der Waals surface area contributed by atoms with E-state index in [4.69, 9.17) is 9.52 Å². The average Bonchev–Trinajstić information content (AvgIpc) is 2.98. The Morgan fingerprint density at radius 1 is 1.44 bits per heavy atom. The van der Waals surface area contributed by atoms with E-state index in [0.717, 1.165) is 17.9 Å². The number of rotatable bonds is 6. The number of hydrogen-bond acceptors (Lipinski definition) is 4. The zero-order chi connectivity index (χ0) is 13.0. The van der Waals surface area contributed by atoms with Gasteiger partial charge in [-0.25, -0.2) is 4.79 Å². The van der Waals surface area contributed by atoms with Crippen LogP contribution in [0.1, 0.15) is 27.9 Å². The van der Waals surface area contributed by atoms with Crippen LogP contribution in [0.25, 0.3) is 0 Å². The fourth-order valence-electron chi connectivity index (χ4n) is 1.79. The van der Waals surface area contributed by atoms with Gasteiger partial charge in [0.05, 0.1) is 12.8 Å². The van der Waals surface area contributed by atoms with Crippen molar-refractivity contribution in [3.63, 3.8) is 0 Å². The molecule has 2 aromatic rings.